The Balaban J connectivity index is 1.97. The normalized spacial score (nSPS) is 10.9. The van der Waals surface area contributed by atoms with E-state index >= 15 is 0 Å². The minimum absolute atomic E-state index is 0.463. The predicted octanol–water partition coefficient (Wildman–Crippen LogP) is 3.41. The molecule has 0 saturated carbocycles. The van der Waals surface area contributed by atoms with E-state index in [9.17, 15) is 0 Å². The highest BCUT2D eigenvalue weighted by atomic mass is 35.5. The number of benzene rings is 1. The zero-order chi connectivity index (χ0) is 13.4. The van der Waals surface area contributed by atoms with Gasteiger partial charge in [0.1, 0.15) is 5.15 Å². The third-order valence-corrected chi connectivity index (χ3v) is 3.34. The number of aryl methyl sites for hydroxylation is 1. The number of rotatable bonds is 2. The minimum Gasteiger partial charge on any atom is -0.320 e. The molecule has 0 saturated heterocycles. The summed E-state index contributed by atoms with van der Waals surface area (Å²) in [7, 11) is 1.76. The molecule has 1 N–H and O–H groups in total. The molecular formula is C12H9Cl2N5. The van der Waals surface area contributed by atoms with Crippen LogP contribution >= 0.6 is 23.2 Å². The van der Waals surface area contributed by atoms with E-state index in [1.165, 1.54) is 0 Å². The van der Waals surface area contributed by atoms with E-state index in [0.717, 1.165) is 10.9 Å². The predicted molar refractivity (Wildman–Crippen MR) is 76.0 cm³/mol. The van der Waals surface area contributed by atoms with Crippen LogP contribution in [-0.4, -0.2) is 19.7 Å². The molecule has 0 unspecified atom stereocenters. The largest absolute Gasteiger partial charge is 0.320 e. The van der Waals surface area contributed by atoms with Gasteiger partial charge >= 0.3 is 0 Å². The van der Waals surface area contributed by atoms with Crippen LogP contribution in [0.15, 0.2) is 30.6 Å². The lowest BCUT2D eigenvalue weighted by Gasteiger charge is -2.04. The van der Waals surface area contributed by atoms with Gasteiger partial charge in [-0.25, -0.2) is 9.97 Å². The third kappa shape index (κ3) is 2.34. The number of halogens is 2. The summed E-state index contributed by atoms with van der Waals surface area (Å²) in [5.41, 5.74) is 1.47. The number of fused-ring (bicyclic) bond motifs is 1. The summed E-state index contributed by atoms with van der Waals surface area (Å²) in [6.07, 6.45) is 3.33. The number of hydrogen-bond acceptors (Lipinski definition) is 4. The molecule has 96 valence electrons. The van der Waals surface area contributed by atoms with Crippen LogP contribution in [0, 0.1) is 0 Å². The maximum absolute atomic E-state index is 6.06. The molecule has 19 heavy (non-hydrogen) atoms. The number of anilines is 2. The van der Waals surface area contributed by atoms with Crippen molar-refractivity contribution in [3.05, 3.63) is 40.8 Å². The lowest BCUT2D eigenvalue weighted by Crippen LogP contribution is -1.97. The lowest BCUT2D eigenvalue weighted by atomic mass is 10.2. The monoisotopic (exact) mass is 293 g/mol. The highest BCUT2D eigenvalue weighted by molar-refractivity contribution is 6.32. The van der Waals surface area contributed by atoms with Gasteiger partial charge < -0.3 is 5.32 Å². The molecule has 0 fully saturated rings. The van der Waals surface area contributed by atoms with E-state index in [0.29, 0.717) is 21.8 Å². The van der Waals surface area contributed by atoms with E-state index in [2.05, 4.69) is 20.4 Å². The smallest absolute Gasteiger partial charge is 0.227 e. The molecule has 5 nitrogen and oxygen atoms in total. The second-order valence-electron chi connectivity index (χ2n) is 3.99. The standard InChI is InChI=1S/C12H9Cl2N5/c1-19-11(14)10(6-16-19)18-12-15-5-7-4-8(13)2-3-9(7)17-12/h2-6H,1H3,(H,15,17,18). The van der Waals surface area contributed by atoms with Crippen molar-refractivity contribution in [2.24, 2.45) is 7.05 Å². The summed E-state index contributed by atoms with van der Waals surface area (Å²) in [5.74, 6) is 0.463. The molecular weight excluding hydrogens is 285 g/mol. The molecule has 2 heterocycles. The van der Waals surface area contributed by atoms with Gasteiger partial charge in [-0.2, -0.15) is 5.10 Å². The van der Waals surface area contributed by atoms with Crippen LogP contribution in [-0.2, 0) is 7.05 Å². The summed E-state index contributed by atoms with van der Waals surface area (Å²) < 4.78 is 1.56. The zero-order valence-electron chi connectivity index (χ0n) is 9.93. The van der Waals surface area contributed by atoms with Crippen LogP contribution in [0.1, 0.15) is 0 Å². The lowest BCUT2D eigenvalue weighted by molar-refractivity contribution is 0.769. The van der Waals surface area contributed by atoms with Crippen molar-refractivity contribution in [2.75, 3.05) is 5.32 Å². The quantitative estimate of drug-likeness (QED) is 0.787. The maximum atomic E-state index is 6.06. The van der Waals surface area contributed by atoms with Crippen molar-refractivity contribution in [1.29, 1.82) is 0 Å². The molecule has 0 amide bonds. The van der Waals surface area contributed by atoms with E-state index in [1.807, 2.05) is 12.1 Å². The number of hydrogen-bond donors (Lipinski definition) is 1. The van der Waals surface area contributed by atoms with Gasteiger partial charge in [-0.15, -0.1) is 0 Å². The molecule has 2 aromatic heterocycles. The van der Waals surface area contributed by atoms with Crippen LogP contribution < -0.4 is 5.32 Å². The Hall–Kier alpha value is -1.85. The molecule has 3 aromatic rings. The number of nitrogens with one attached hydrogen (secondary N) is 1. The first-order valence-corrected chi connectivity index (χ1v) is 6.26. The summed E-state index contributed by atoms with van der Waals surface area (Å²) in [4.78, 5) is 8.60. The van der Waals surface area contributed by atoms with Crippen LogP contribution in [0.4, 0.5) is 11.6 Å². The van der Waals surface area contributed by atoms with Gasteiger partial charge in [0.25, 0.3) is 0 Å². The van der Waals surface area contributed by atoms with Crippen LogP contribution in [0.3, 0.4) is 0 Å². The number of aromatic nitrogens is 4. The van der Waals surface area contributed by atoms with Gasteiger partial charge in [0.15, 0.2) is 0 Å². The molecule has 0 radical (unpaired) electrons. The fraction of sp³-hybridized carbons (Fsp3) is 0.0833. The molecule has 3 rings (SSSR count). The Morgan fingerprint density at radius 3 is 2.79 bits per heavy atom. The third-order valence-electron chi connectivity index (χ3n) is 2.65. The van der Waals surface area contributed by atoms with E-state index in [4.69, 9.17) is 23.2 Å². The molecule has 0 aliphatic carbocycles. The van der Waals surface area contributed by atoms with E-state index in [-0.39, 0.29) is 0 Å². The van der Waals surface area contributed by atoms with Crippen molar-refractivity contribution >= 4 is 45.7 Å². The molecule has 0 spiro atoms. The molecule has 0 bridgehead atoms. The Bertz CT molecular complexity index is 753. The van der Waals surface area contributed by atoms with Gasteiger partial charge in [-0.05, 0) is 18.2 Å². The van der Waals surface area contributed by atoms with E-state index < -0.39 is 0 Å². The Labute approximate surface area is 119 Å². The fourth-order valence-electron chi connectivity index (χ4n) is 1.69. The molecule has 7 heteroatoms. The average molecular weight is 294 g/mol. The molecule has 0 atom stereocenters. The zero-order valence-corrected chi connectivity index (χ0v) is 11.4. The van der Waals surface area contributed by atoms with Gasteiger partial charge in [-0.1, -0.05) is 23.2 Å². The van der Waals surface area contributed by atoms with Gasteiger partial charge in [-0.3, -0.25) is 4.68 Å². The van der Waals surface area contributed by atoms with E-state index in [1.54, 1.807) is 30.2 Å². The highest BCUT2D eigenvalue weighted by Gasteiger charge is 2.07. The van der Waals surface area contributed by atoms with Crippen molar-refractivity contribution in [1.82, 2.24) is 19.7 Å². The second kappa shape index (κ2) is 4.68. The van der Waals surface area contributed by atoms with Gasteiger partial charge in [0.05, 0.1) is 17.4 Å². The van der Waals surface area contributed by atoms with Crippen molar-refractivity contribution in [2.45, 2.75) is 0 Å². The number of nitrogens with zero attached hydrogens (tertiary/aromatic N) is 4. The summed E-state index contributed by atoms with van der Waals surface area (Å²) in [5, 5.41) is 9.11. The Morgan fingerprint density at radius 2 is 2.05 bits per heavy atom. The molecule has 0 aliphatic heterocycles. The van der Waals surface area contributed by atoms with Crippen molar-refractivity contribution < 1.29 is 0 Å². The van der Waals surface area contributed by atoms with Crippen molar-refractivity contribution in [3.8, 4) is 0 Å². The van der Waals surface area contributed by atoms with Crippen molar-refractivity contribution in [3.63, 3.8) is 0 Å². The van der Waals surface area contributed by atoms with Crippen LogP contribution in [0.25, 0.3) is 10.9 Å². The van der Waals surface area contributed by atoms with Crippen LogP contribution in [0.2, 0.25) is 10.2 Å². The maximum Gasteiger partial charge on any atom is 0.227 e. The van der Waals surface area contributed by atoms with Gasteiger partial charge in [0.2, 0.25) is 5.95 Å². The molecule has 0 aliphatic rings. The van der Waals surface area contributed by atoms with Gasteiger partial charge in [0, 0.05) is 23.7 Å². The molecule has 1 aromatic carbocycles. The minimum atomic E-state index is 0.463. The first kappa shape index (κ1) is 12.2. The first-order valence-electron chi connectivity index (χ1n) is 5.50. The topological polar surface area (TPSA) is 55.6 Å². The SMILES string of the molecule is Cn1ncc(Nc2ncc3cc(Cl)ccc3n2)c1Cl. The summed E-state index contributed by atoms with van der Waals surface area (Å²) in [6.45, 7) is 0. The first-order chi connectivity index (χ1) is 9.13. The summed E-state index contributed by atoms with van der Waals surface area (Å²) in [6, 6.07) is 5.45. The van der Waals surface area contributed by atoms with Crippen LogP contribution in [0.5, 0.6) is 0 Å². The Kier molecular flexibility index (Phi) is 3.00. The second-order valence-corrected chi connectivity index (χ2v) is 4.79. The highest BCUT2D eigenvalue weighted by Crippen LogP contribution is 2.24. The fourth-order valence-corrected chi connectivity index (χ4v) is 2.01. The Morgan fingerprint density at radius 1 is 1.21 bits per heavy atom. The average Bonchev–Trinajstić information content (AvgIpc) is 2.71. The summed E-state index contributed by atoms with van der Waals surface area (Å²) >= 11 is 12.0.